The summed E-state index contributed by atoms with van der Waals surface area (Å²) in [5.41, 5.74) is 0.670. The van der Waals surface area contributed by atoms with E-state index in [1.807, 2.05) is 38.1 Å². The fraction of sp³-hybridized carbons (Fsp3) is 0.588. The predicted molar refractivity (Wildman–Crippen MR) is 81.9 cm³/mol. The van der Waals surface area contributed by atoms with Crippen LogP contribution in [0.3, 0.4) is 0 Å². The molecule has 4 heteroatoms. The molecule has 0 radical (unpaired) electrons. The lowest BCUT2D eigenvalue weighted by Gasteiger charge is -2.25. The molecule has 1 atom stereocenters. The Labute approximate surface area is 126 Å². The number of hydrogen-bond acceptors (Lipinski definition) is 3. The van der Waals surface area contributed by atoms with Crippen LogP contribution in [0.25, 0.3) is 0 Å². The summed E-state index contributed by atoms with van der Waals surface area (Å²) in [5, 5.41) is 23.3. The predicted octanol–water partition coefficient (Wildman–Crippen LogP) is 1.43. The Kier molecular flexibility index (Phi) is 5.01. The number of carbonyl (C=O) groups is 1. The molecule has 1 aromatic carbocycles. The first-order valence-corrected chi connectivity index (χ1v) is 7.75. The molecule has 0 heterocycles. The van der Waals surface area contributed by atoms with E-state index in [1.54, 1.807) is 0 Å². The van der Waals surface area contributed by atoms with Crippen LogP contribution in [0.5, 0.6) is 0 Å². The number of aliphatic hydroxyl groups is 2. The SMILES string of the molecule is CCC(CC)[C@@H](O)CNC(=O)C1(O)Cc2ccccc2C1. The van der Waals surface area contributed by atoms with E-state index in [9.17, 15) is 15.0 Å². The summed E-state index contributed by atoms with van der Waals surface area (Å²) in [5.74, 6) is -0.204. The Hall–Kier alpha value is -1.39. The number of benzene rings is 1. The minimum absolute atomic E-state index is 0.181. The van der Waals surface area contributed by atoms with Crippen LogP contribution in [0.15, 0.2) is 24.3 Å². The highest BCUT2D eigenvalue weighted by atomic mass is 16.3. The molecule has 1 aromatic rings. The Balaban J connectivity index is 1.93. The summed E-state index contributed by atoms with van der Waals surface area (Å²) in [6.07, 6.45) is 1.88. The minimum atomic E-state index is -1.38. The first-order chi connectivity index (χ1) is 10.00. The highest BCUT2D eigenvalue weighted by molar-refractivity contribution is 5.86. The molecule has 1 aliphatic rings. The second-order valence-corrected chi connectivity index (χ2v) is 6.01. The molecule has 3 N–H and O–H groups in total. The Morgan fingerprint density at radius 1 is 1.24 bits per heavy atom. The number of amides is 1. The van der Waals surface area contributed by atoms with E-state index < -0.39 is 11.7 Å². The monoisotopic (exact) mass is 291 g/mol. The van der Waals surface area contributed by atoms with E-state index in [1.165, 1.54) is 0 Å². The van der Waals surface area contributed by atoms with Gasteiger partial charge in [0, 0.05) is 19.4 Å². The van der Waals surface area contributed by atoms with Gasteiger partial charge in [0.15, 0.2) is 5.60 Å². The van der Waals surface area contributed by atoms with Gasteiger partial charge in [-0.25, -0.2) is 0 Å². The number of carbonyl (C=O) groups excluding carboxylic acids is 1. The van der Waals surface area contributed by atoms with Gasteiger partial charge in [-0.05, 0) is 17.0 Å². The highest BCUT2D eigenvalue weighted by Gasteiger charge is 2.41. The molecule has 0 fully saturated rings. The Morgan fingerprint density at radius 3 is 2.24 bits per heavy atom. The van der Waals surface area contributed by atoms with Crippen molar-refractivity contribution in [2.75, 3.05) is 6.54 Å². The first-order valence-electron chi connectivity index (χ1n) is 7.75. The van der Waals surface area contributed by atoms with Crippen molar-refractivity contribution in [2.24, 2.45) is 5.92 Å². The second kappa shape index (κ2) is 6.58. The van der Waals surface area contributed by atoms with Crippen molar-refractivity contribution >= 4 is 5.91 Å². The summed E-state index contributed by atoms with van der Waals surface area (Å²) in [4.78, 5) is 12.3. The molecule has 0 bridgehead atoms. The largest absolute Gasteiger partial charge is 0.391 e. The van der Waals surface area contributed by atoms with Gasteiger partial charge in [0.2, 0.25) is 0 Å². The lowest BCUT2D eigenvalue weighted by molar-refractivity contribution is -0.139. The number of nitrogens with one attached hydrogen (secondary N) is 1. The zero-order valence-electron chi connectivity index (χ0n) is 12.8. The van der Waals surface area contributed by atoms with E-state index >= 15 is 0 Å². The van der Waals surface area contributed by atoms with Crippen molar-refractivity contribution in [3.63, 3.8) is 0 Å². The van der Waals surface area contributed by atoms with Crippen molar-refractivity contribution in [1.82, 2.24) is 5.32 Å². The van der Waals surface area contributed by atoms with Crippen LogP contribution >= 0.6 is 0 Å². The number of fused-ring (bicyclic) bond motifs is 1. The summed E-state index contributed by atoms with van der Waals surface area (Å²) >= 11 is 0. The van der Waals surface area contributed by atoms with Gasteiger partial charge in [-0.2, -0.15) is 0 Å². The topological polar surface area (TPSA) is 69.6 Å². The van der Waals surface area contributed by atoms with E-state index in [0.29, 0.717) is 12.8 Å². The van der Waals surface area contributed by atoms with Crippen molar-refractivity contribution in [3.05, 3.63) is 35.4 Å². The number of hydrogen-bond donors (Lipinski definition) is 3. The molecule has 0 saturated heterocycles. The third-order valence-electron chi connectivity index (χ3n) is 4.57. The second-order valence-electron chi connectivity index (χ2n) is 6.01. The van der Waals surface area contributed by atoms with E-state index in [4.69, 9.17) is 0 Å². The van der Waals surface area contributed by atoms with Gasteiger partial charge in [0.05, 0.1) is 6.10 Å². The highest BCUT2D eigenvalue weighted by Crippen LogP contribution is 2.30. The molecule has 2 rings (SSSR count). The van der Waals surface area contributed by atoms with Crippen LogP contribution in [0.2, 0.25) is 0 Å². The zero-order chi connectivity index (χ0) is 15.5. The molecule has 21 heavy (non-hydrogen) atoms. The summed E-state index contributed by atoms with van der Waals surface area (Å²) in [7, 11) is 0. The lowest BCUT2D eigenvalue weighted by atomic mass is 9.95. The Bertz CT molecular complexity index is 472. The van der Waals surface area contributed by atoms with Crippen molar-refractivity contribution < 1.29 is 15.0 Å². The number of aliphatic hydroxyl groups excluding tert-OH is 1. The van der Waals surface area contributed by atoms with Crippen molar-refractivity contribution in [2.45, 2.75) is 51.2 Å². The van der Waals surface area contributed by atoms with Crippen LogP contribution < -0.4 is 5.32 Å². The smallest absolute Gasteiger partial charge is 0.252 e. The van der Waals surface area contributed by atoms with Gasteiger partial charge in [0.1, 0.15) is 0 Å². The molecule has 0 spiro atoms. The molecule has 0 saturated carbocycles. The van der Waals surface area contributed by atoms with Gasteiger partial charge in [-0.3, -0.25) is 4.79 Å². The fourth-order valence-corrected chi connectivity index (χ4v) is 3.12. The molecule has 0 aliphatic heterocycles. The Morgan fingerprint density at radius 2 is 1.76 bits per heavy atom. The van der Waals surface area contributed by atoms with E-state index in [0.717, 1.165) is 24.0 Å². The average Bonchev–Trinajstić information content (AvgIpc) is 2.83. The van der Waals surface area contributed by atoms with Crippen LogP contribution in [0, 0.1) is 5.92 Å². The van der Waals surface area contributed by atoms with Crippen molar-refractivity contribution in [3.8, 4) is 0 Å². The van der Waals surface area contributed by atoms with Crippen LogP contribution in [0.1, 0.15) is 37.8 Å². The van der Waals surface area contributed by atoms with Crippen LogP contribution in [-0.2, 0) is 17.6 Å². The molecule has 0 aromatic heterocycles. The third kappa shape index (κ3) is 3.44. The molecular formula is C17H25NO3. The normalized spacial score (nSPS) is 17.6. The van der Waals surface area contributed by atoms with Gasteiger partial charge < -0.3 is 15.5 Å². The maximum Gasteiger partial charge on any atom is 0.252 e. The average molecular weight is 291 g/mol. The number of rotatable bonds is 6. The van der Waals surface area contributed by atoms with Gasteiger partial charge in [0.25, 0.3) is 5.91 Å². The molecular weight excluding hydrogens is 266 g/mol. The maximum atomic E-state index is 12.3. The summed E-state index contributed by atoms with van der Waals surface area (Å²) < 4.78 is 0. The quantitative estimate of drug-likeness (QED) is 0.742. The van der Waals surface area contributed by atoms with Crippen molar-refractivity contribution in [1.29, 1.82) is 0 Å². The molecule has 4 nitrogen and oxygen atoms in total. The van der Waals surface area contributed by atoms with E-state index in [2.05, 4.69) is 5.32 Å². The third-order valence-corrected chi connectivity index (χ3v) is 4.57. The molecule has 1 aliphatic carbocycles. The van der Waals surface area contributed by atoms with Gasteiger partial charge in [-0.15, -0.1) is 0 Å². The molecule has 116 valence electrons. The summed E-state index contributed by atoms with van der Waals surface area (Å²) in [6, 6.07) is 7.72. The van der Waals surface area contributed by atoms with Gasteiger partial charge >= 0.3 is 0 Å². The minimum Gasteiger partial charge on any atom is -0.391 e. The van der Waals surface area contributed by atoms with Gasteiger partial charge in [-0.1, -0.05) is 51.0 Å². The first kappa shape index (κ1) is 16.0. The molecule has 1 amide bonds. The van der Waals surface area contributed by atoms with Crippen LogP contribution in [-0.4, -0.2) is 34.4 Å². The standard InChI is InChI=1S/C17H25NO3/c1-3-12(4-2)15(19)11-18-16(20)17(21)9-13-7-5-6-8-14(13)10-17/h5-8,12,15,19,21H,3-4,9-11H2,1-2H3,(H,18,20)/t15-/m0/s1. The van der Waals surface area contributed by atoms with Crippen LogP contribution in [0.4, 0.5) is 0 Å². The summed E-state index contributed by atoms with van der Waals surface area (Å²) in [6.45, 7) is 4.25. The maximum absolute atomic E-state index is 12.3. The lowest BCUT2D eigenvalue weighted by Crippen LogP contribution is -2.50. The van der Waals surface area contributed by atoms with E-state index in [-0.39, 0.29) is 18.4 Å². The fourth-order valence-electron chi connectivity index (χ4n) is 3.12. The zero-order valence-corrected chi connectivity index (χ0v) is 12.8. The molecule has 0 unspecified atom stereocenters.